The molecule has 0 radical (unpaired) electrons. The summed E-state index contributed by atoms with van der Waals surface area (Å²) in [4.78, 5) is 36.3. The SMILES string of the molecule is C=C(C)C(=O)OC1C2CC3C1OC(=O)C3C2CC(C)(C)OC(=O)C(=C)C. The van der Waals surface area contributed by atoms with Gasteiger partial charge in [0.2, 0.25) is 0 Å². The number of fused-ring (bicyclic) bond motifs is 1. The van der Waals surface area contributed by atoms with Gasteiger partial charge in [0.1, 0.15) is 17.8 Å². The molecule has 26 heavy (non-hydrogen) atoms. The lowest BCUT2D eigenvalue weighted by Gasteiger charge is -2.36. The molecule has 0 aromatic carbocycles. The van der Waals surface area contributed by atoms with Gasteiger partial charge in [0.25, 0.3) is 0 Å². The van der Waals surface area contributed by atoms with Gasteiger partial charge in [-0.15, -0.1) is 0 Å². The lowest BCUT2D eigenvalue weighted by Crippen LogP contribution is -2.43. The van der Waals surface area contributed by atoms with Gasteiger partial charge < -0.3 is 14.2 Å². The van der Waals surface area contributed by atoms with Crippen LogP contribution < -0.4 is 0 Å². The van der Waals surface area contributed by atoms with Gasteiger partial charge in [-0.05, 0) is 46.5 Å². The van der Waals surface area contributed by atoms with Crippen LogP contribution in [-0.2, 0) is 28.6 Å². The number of rotatable bonds is 6. The van der Waals surface area contributed by atoms with Crippen LogP contribution in [0, 0.1) is 23.7 Å². The Bertz CT molecular complexity index is 690. The molecule has 1 aliphatic heterocycles. The fourth-order valence-electron chi connectivity index (χ4n) is 4.74. The second-order valence-corrected chi connectivity index (χ2v) is 8.44. The van der Waals surface area contributed by atoms with Crippen molar-refractivity contribution < 1.29 is 28.6 Å². The third kappa shape index (κ3) is 3.06. The first-order valence-corrected chi connectivity index (χ1v) is 8.97. The van der Waals surface area contributed by atoms with Crippen LogP contribution in [0.3, 0.4) is 0 Å². The van der Waals surface area contributed by atoms with E-state index in [0.717, 1.165) is 6.42 Å². The van der Waals surface area contributed by atoms with E-state index in [9.17, 15) is 14.4 Å². The first kappa shape index (κ1) is 18.7. The molecule has 142 valence electrons. The Kier molecular flexibility index (Phi) is 4.49. The summed E-state index contributed by atoms with van der Waals surface area (Å²) in [6.07, 6.45) is 0.466. The molecule has 2 aliphatic carbocycles. The van der Waals surface area contributed by atoms with Crippen LogP contribution in [0.4, 0.5) is 0 Å². The molecule has 0 amide bonds. The third-order valence-electron chi connectivity index (χ3n) is 5.75. The summed E-state index contributed by atoms with van der Waals surface area (Å²) in [7, 11) is 0. The molecule has 2 saturated carbocycles. The van der Waals surface area contributed by atoms with E-state index in [1.54, 1.807) is 13.8 Å². The average Bonchev–Trinajstić information content (AvgIpc) is 3.10. The first-order valence-electron chi connectivity index (χ1n) is 8.97. The van der Waals surface area contributed by atoms with E-state index >= 15 is 0 Å². The molecule has 6 atom stereocenters. The fourth-order valence-corrected chi connectivity index (χ4v) is 4.74. The molecule has 3 rings (SSSR count). The van der Waals surface area contributed by atoms with Gasteiger partial charge in [-0.1, -0.05) is 13.2 Å². The molecule has 3 fully saturated rings. The minimum Gasteiger partial charge on any atom is -0.458 e. The van der Waals surface area contributed by atoms with Crippen LogP contribution in [-0.4, -0.2) is 35.7 Å². The van der Waals surface area contributed by atoms with Gasteiger partial charge in [-0.2, -0.15) is 0 Å². The summed E-state index contributed by atoms with van der Waals surface area (Å²) in [5, 5.41) is 0. The van der Waals surface area contributed by atoms with E-state index in [4.69, 9.17) is 14.2 Å². The van der Waals surface area contributed by atoms with Crippen LogP contribution in [0.15, 0.2) is 24.3 Å². The molecular weight excluding hydrogens is 336 g/mol. The van der Waals surface area contributed by atoms with E-state index in [-0.39, 0.29) is 35.7 Å². The van der Waals surface area contributed by atoms with Crippen LogP contribution >= 0.6 is 0 Å². The van der Waals surface area contributed by atoms with Gasteiger partial charge in [-0.25, -0.2) is 9.59 Å². The van der Waals surface area contributed by atoms with E-state index in [1.807, 2.05) is 13.8 Å². The van der Waals surface area contributed by atoms with E-state index in [1.165, 1.54) is 0 Å². The molecular formula is C20H26O6. The quantitative estimate of drug-likeness (QED) is 0.410. The van der Waals surface area contributed by atoms with Gasteiger partial charge in [0.15, 0.2) is 0 Å². The van der Waals surface area contributed by atoms with Crippen molar-refractivity contribution >= 4 is 17.9 Å². The van der Waals surface area contributed by atoms with Crippen molar-refractivity contribution in [2.24, 2.45) is 23.7 Å². The summed E-state index contributed by atoms with van der Waals surface area (Å²) in [5.74, 6) is -1.33. The Morgan fingerprint density at radius 2 is 1.77 bits per heavy atom. The molecule has 6 nitrogen and oxygen atoms in total. The van der Waals surface area contributed by atoms with Gasteiger partial charge in [0.05, 0.1) is 5.92 Å². The maximum Gasteiger partial charge on any atom is 0.333 e. The molecule has 1 saturated heterocycles. The minimum atomic E-state index is -0.757. The molecule has 0 aromatic heterocycles. The lowest BCUT2D eigenvalue weighted by molar-refractivity contribution is -0.159. The molecule has 0 spiro atoms. The van der Waals surface area contributed by atoms with Gasteiger partial charge >= 0.3 is 17.9 Å². The Hall–Kier alpha value is -2.11. The second-order valence-electron chi connectivity index (χ2n) is 8.44. The summed E-state index contributed by atoms with van der Waals surface area (Å²) >= 11 is 0. The highest BCUT2D eigenvalue weighted by Gasteiger charge is 2.68. The van der Waals surface area contributed by atoms with E-state index < -0.39 is 23.6 Å². The second kappa shape index (κ2) is 6.25. The Morgan fingerprint density at radius 1 is 1.15 bits per heavy atom. The normalized spacial score (nSPS) is 34.4. The van der Waals surface area contributed by atoms with Crippen LogP contribution in [0.25, 0.3) is 0 Å². The molecule has 3 aliphatic rings. The summed E-state index contributed by atoms with van der Waals surface area (Å²) < 4.78 is 16.7. The number of carbonyl (C=O) groups excluding carboxylic acids is 3. The predicted molar refractivity (Wildman–Crippen MR) is 92.8 cm³/mol. The molecule has 2 bridgehead atoms. The standard InChI is InChI=1S/C20H26O6/c1-9(2)17(21)24-15-11-7-12-14(19(23)25-16(12)15)13(11)8-20(5,6)26-18(22)10(3)4/h11-16H,1,3,7-8H2,2,4-6H3. The highest BCUT2D eigenvalue weighted by Crippen LogP contribution is 2.60. The third-order valence-corrected chi connectivity index (χ3v) is 5.75. The van der Waals surface area contributed by atoms with Gasteiger partial charge in [0, 0.05) is 23.0 Å². The summed E-state index contributed by atoms with van der Waals surface area (Å²) in [5.41, 5.74) is -0.104. The maximum atomic E-state index is 12.4. The largest absolute Gasteiger partial charge is 0.458 e. The molecule has 0 N–H and O–H groups in total. The average molecular weight is 362 g/mol. The molecule has 6 unspecified atom stereocenters. The van der Waals surface area contributed by atoms with Crippen LogP contribution in [0.5, 0.6) is 0 Å². The van der Waals surface area contributed by atoms with Crippen molar-refractivity contribution in [3.63, 3.8) is 0 Å². The van der Waals surface area contributed by atoms with Crippen LogP contribution in [0.2, 0.25) is 0 Å². The highest BCUT2D eigenvalue weighted by molar-refractivity contribution is 5.87. The minimum absolute atomic E-state index is 0.0209. The summed E-state index contributed by atoms with van der Waals surface area (Å²) in [6, 6.07) is 0. The number of hydrogen-bond donors (Lipinski definition) is 0. The van der Waals surface area contributed by atoms with Gasteiger partial charge in [-0.3, -0.25) is 4.79 Å². The highest BCUT2D eigenvalue weighted by atomic mass is 16.6. The Labute approximate surface area is 153 Å². The maximum absolute atomic E-state index is 12.4. The topological polar surface area (TPSA) is 78.9 Å². The number of carbonyl (C=O) groups is 3. The van der Waals surface area contributed by atoms with Crippen molar-refractivity contribution in [1.29, 1.82) is 0 Å². The van der Waals surface area contributed by atoms with Crippen molar-refractivity contribution in [3.8, 4) is 0 Å². The molecule has 0 aromatic rings. The fraction of sp³-hybridized carbons (Fsp3) is 0.650. The summed E-state index contributed by atoms with van der Waals surface area (Å²) in [6.45, 7) is 14.1. The zero-order valence-electron chi connectivity index (χ0n) is 15.7. The zero-order chi connectivity index (χ0) is 19.4. The van der Waals surface area contributed by atoms with E-state index in [2.05, 4.69) is 13.2 Å². The zero-order valence-corrected chi connectivity index (χ0v) is 15.7. The Morgan fingerprint density at radius 3 is 2.35 bits per heavy atom. The van der Waals surface area contributed by atoms with Crippen molar-refractivity contribution in [2.75, 3.05) is 0 Å². The van der Waals surface area contributed by atoms with E-state index in [0.29, 0.717) is 17.6 Å². The smallest absolute Gasteiger partial charge is 0.333 e. The van der Waals surface area contributed by atoms with Crippen LogP contribution in [0.1, 0.15) is 40.5 Å². The predicted octanol–water partition coefficient (Wildman–Crippen LogP) is 2.57. The van der Waals surface area contributed by atoms with Crippen molar-refractivity contribution in [3.05, 3.63) is 24.3 Å². The Balaban J connectivity index is 1.78. The lowest BCUT2D eigenvalue weighted by atomic mass is 9.73. The first-order chi connectivity index (χ1) is 12.0. The molecule has 1 heterocycles. The monoisotopic (exact) mass is 362 g/mol. The molecule has 6 heteroatoms. The van der Waals surface area contributed by atoms with Crippen molar-refractivity contribution in [2.45, 2.75) is 58.3 Å². The number of ether oxygens (including phenoxy) is 3. The number of esters is 3. The van der Waals surface area contributed by atoms with Crippen molar-refractivity contribution in [1.82, 2.24) is 0 Å². The number of hydrogen-bond acceptors (Lipinski definition) is 6.